The molecule has 1 aromatic rings. The number of likely N-dealkylation sites (tertiary alicyclic amines) is 1. The summed E-state index contributed by atoms with van der Waals surface area (Å²) >= 11 is 0. The lowest BCUT2D eigenvalue weighted by Crippen LogP contribution is -2.38. The van der Waals surface area contributed by atoms with Crippen molar-refractivity contribution in [2.24, 2.45) is 17.6 Å². The number of hydrogen-bond acceptors (Lipinski definition) is 3. The highest BCUT2D eigenvalue weighted by atomic mass is 19.1. The largest absolute Gasteiger partial charge is 0.327 e. The fraction of sp³-hybridized carbons (Fsp3) is 0.562. The highest BCUT2D eigenvalue weighted by molar-refractivity contribution is 5.34. The number of rotatable bonds is 2. The molecule has 2 N–H and O–H groups in total. The molecule has 3 nitrogen and oxygen atoms in total. The molecule has 20 heavy (non-hydrogen) atoms. The van der Waals surface area contributed by atoms with Gasteiger partial charge in [0.1, 0.15) is 11.9 Å². The van der Waals surface area contributed by atoms with Gasteiger partial charge in [-0.15, -0.1) is 0 Å². The topological polar surface area (TPSA) is 53.0 Å². The van der Waals surface area contributed by atoms with Gasteiger partial charge in [0.05, 0.1) is 5.56 Å². The molecule has 1 aromatic carbocycles. The molecule has 0 aromatic heterocycles. The molecule has 1 aliphatic carbocycles. The normalized spacial score (nSPS) is 29.9. The van der Waals surface area contributed by atoms with Gasteiger partial charge in [-0.05, 0) is 42.4 Å². The van der Waals surface area contributed by atoms with Gasteiger partial charge in [0, 0.05) is 25.7 Å². The van der Waals surface area contributed by atoms with E-state index >= 15 is 0 Å². The Hall–Kier alpha value is -1.44. The van der Waals surface area contributed by atoms with Crippen LogP contribution in [-0.2, 0) is 6.54 Å². The van der Waals surface area contributed by atoms with Crippen molar-refractivity contribution in [3.05, 3.63) is 35.1 Å². The van der Waals surface area contributed by atoms with E-state index in [1.807, 2.05) is 6.07 Å². The fourth-order valence-electron chi connectivity index (χ4n) is 3.75. The second-order valence-corrected chi connectivity index (χ2v) is 6.14. The summed E-state index contributed by atoms with van der Waals surface area (Å²) in [6, 6.07) is 7.07. The summed E-state index contributed by atoms with van der Waals surface area (Å²) < 4.78 is 13.3. The summed E-state index contributed by atoms with van der Waals surface area (Å²) in [5.74, 6) is 0.891. The summed E-state index contributed by atoms with van der Waals surface area (Å²) in [6.07, 6.45) is 3.66. The first-order valence-corrected chi connectivity index (χ1v) is 7.34. The lowest BCUT2D eigenvalue weighted by Gasteiger charge is -2.29. The Labute approximate surface area is 119 Å². The number of hydrogen-bond donors (Lipinski definition) is 1. The van der Waals surface area contributed by atoms with E-state index in [1.54, 1.807) is 12.1 Å². The van der Waals surface area contributed by atoms with Crippen LogP contribution in [-0.4, -0.2) is 24.0 Å². The molecule has 1 heterocycles. The molecule has 1 saturated heterocycles. The quantitative estimate of drug-likeness (QED) is 0.899. The molecule has 2 aliphatic rings. The van der Waals surface area contributed by atoms with E-state index < -0.39 is 5.82 Å². The van der Waals surface area contributed by atoms with Crippen LogP contribution in [0.25, 0.3) is 0 Å². The van der Waals surface area contributed by atoms with Crippen LogP contribution in [0.3, 0.4) is 0 Å². The number of nitrogens with zero attached hydrogens (tertiary/aromatic N) is 2. The predicted octanol–water partition coefficient (Wildman–Crippen LogP) is 2.26. The Morgan fingerprint density at radius 2 is 2.20 bits per heavy atom. The van der Waals surface area contributed by atoms with Gasteiger partial charge in [-0.1, -0.05) is 12.5 Å². The molecule has 2 fully saturated rings. The van der Waals surface area contributed by atoms with E-state index in [-0.39, 0.29) is 5.56 Å². The molecule has 3 unspecified atom stereocenters. The first-order valence-electron chi connectivity index (χ1n) is 7.34. The van der Waals surface area contributed by atoms with Crippen LogP contribution in [0.1, 0.15) is 30.4 Å². The number of nitriles is 1. The van der Waals surface area contributed by atoms with E-state index in [2.05, 4.69) is 4.90 Å². The molecule has 1 saturated carbocycles. The van der Waals surface area contributed by atoms with Crippen molar-refractivity contribution in [2.75, 3.05) is 13.1 Å². The van der Waals surface area contributed by atoms with Crippen molar-refractivity contribution in [2.45, 2.75) is 31.8 Å². The van der Waals surface area contributed by atoms with Crippen LogP contribution in [0, 0.1) is 29.0 Å². The molecule has 0 radical (unpaired) electrons. The van der Waals surface area contributed by atoms with E-state index in [0.717, 1.165) is 37.5 Å². The maximum absolute atomic E-state index is 13.3. The Balaban J connectivity index is 1.69. The zero-order valence-electron chi connectivity index (χ0n) is 11.6. The van der Waals surface area contributed by atoms with Crippen LogP contribution in [0.5, 0.6) is 0 Å². The monoisotopic (exact) mass is 273 g/mol. The second kappa shape index (κ2) is 5.51. The Kier molecular flexibility index (Phi) is 3.73. The minimum atomic E-state index is -0.437. The molecule has 0 amide bonds. The molecular formula is C16H20FN3. The van der Waals surface area contributed by atoms with Crippen LogP contribution >= 0.6 is 0 Å². The maximum atomic E-state index is 13.3. The zero-order chi connectivity index (χ0) is 14.1. The average molecular weight is 273 g/mol. The fourth-order valence-corrected chi connectivity index (χ4v) is 3.75. The minimum Gasteiger partial charge on any atom is -0.327 e. The van der Waals surface area contributed by atoms with Gasteiger partial charge >= 0.3 is 0 Å². The van der Waals surface area contributed by atoms with Gasteiger partial charge in [0.15, 0.2) is 0 Å². The summed E-state index contributed by atoms with van der Waals surface area (Å²) in [6.45, 7) is 2.90. The first-order chi connectivity index (χ1) is 9.67. The Morgan fingerprint density at radius 1 is 1.35 bits per heavy atom. The van der Waals surface area contributed by atoms with Gasteiger partial charge in [-0.2, -0.15) is 5.26 Å². The summed E-state index contributed by atoms with van der Waals surface area (Å²) in [7, 11) is 0. The van der Waals surface area contributed by atoms with E-state index in [1.165, 1.54) is 18.9 Å². The van der Waals surface area contributed by atoms with E-state index in [4.69, 9.17) is 11.0 Å². The average Bonchev–Trinajstić information content (AvgIpc) is 2.85. The van der Waals surface area contributed by atoms with Gasteiger partial charge in [-0.3, -0.25) is 4.90 Å². The lowest BCUT2D eigenvalue weighted by molar-refractivity contribution is 0.259. The van der Waals surface area contributed by atoms with Gasteiger partial charge < -0.3 is 5.73 Å². The van der Waals surface area contributed by atoms with Gasteiger partial charge in [0.2, 0.25) is 0 Å². The number of nitrogens with two attached hydrogens (primary N) is 1. The first kappa shape index (κ1) is 13.5. The van der Waals surface area contributed by atoms with Crippen molar-refractivity contribution >= 4 is 0 Å². The van der Waals surface area contributed by atoms with E-state index in [9.17, 15) is 4.39 Å². The third-order valence-electron chi connectivity index (χ3n) is 4.79. The van der Waals surface area contributed by atoms with Crippen LogP contribution in [0.2, 0.25) is 0 Å². The molecule has 3 rings (SSSR count). The minimum absolute atomic E-state index is 0.135. The molecule has 0 spiro atoms. The van der Waals surface area contributed by atoms with Gasteiger partial charge in [0.25, 0.3) is 0 Å². The molecule has 0 bridgehead atoms. The molecule has 106 valence electrons. The van der Waals surface area contributed by atoms with Crippen molar-refractivity contribution < 1.29 is 4.39 Å². The van der Waals surface area contributed by atoms with Crippen molar-refractivity contribution in [3.8, 4) is 6.07 Å². The Morgan fingerprint density at radius 3 is 2.95 bits per heavy atom. The molecular weight excluding hydrogens is 253 g/mol. The molecule has 4 heteroatoms. The summed E-state index contributed by atoms with van der Waals surface area (Å²) in [5, 5.41) is 8.89. The van der Waals surface area contributed by atoms with Crippen LogP contribution < -0.4 is 5.73 Å². The molecule has 1 aliphatic heterocycles. The van der Waals surface area contributed by atoms with Crippen LogP contribution in [0.15, 0.2) is 18.2 Å². The summed E-state index contributed by atoms with van der Waals surface area (Å²) in [5.41, 5.74) is 7.37. The van der Waals surface area contributed by atoms with Gasteiger partial charge in [-0.25, -0.2) is 4.39 Å². The summed E-state index contributed by atoms with van der Waals surface area (Å²) in [4.78, 5) is 2.40. The Bertz CT molecular complexity index is 537. The van der Waals surface area contributed by atoms with Crippen molar-refractivity contribution in [1.82, 2.24) is 4.90 Å². The van der Waals surface area contributed by atoms with E-state index in [0.29, 0.717) is 12.0 Å². The SMILES string of the molecule is N#Cc1cc(CN2CC3CCCC(N)C3C2)ccc1F. The van der Waals surface area contributed by atoms with Crippen LogP contribution in [0.4, 0.5) is 4.39 Å². The zero-order valence-corrected chi connectivity index (χ0v) is 11.6. The lowest BCUT2D eigenvalue weighted by atomic mass is 9.78. The highest BCUT2D eigenvalue weighted by Crippen LogP contribution is 2.36. The smallest absolute Gasteiger partial charge is 0.140 e. The second-order valence-electron chi connectivity index (χ2n) is 6.14. The standard InChI is InChI=1S/C16H20FN3/c17-15-5-4-11(6-13(15)7-18)8-20-9-12-2-1-3-16(19)14(12)10-20/h4-6,12,14,16H,1-3,8-10,19H2. The molecule has 3 atom stereocenters. The predicted molar refractivity (Wildman–Crippen MR) is 75.2 cm³/mol. The van der Waals surface area contributed by atoms with Crippen molar-refractivity contribution in [1.29, 1.82) is 5.26 Å². The highest BCUT2D eigenvalue weighted by Gasteiger charge is 2.38. The van der Waals surface area contributed by atoms with Crippen molar-refractivity contribution in [3.63, 3.8) is 0 Å². The third-order valence-corrected chi connectivity index (χ3v) is 4.79. The number of fused-ring (bicyclic) bond motifs is 1. The third kappa shape index (κ3) is 2.56. The maximum Gasteiger partial charge on any atom is 0.140 e. The number of benzene rings is 1. The number of halogens is 1.